The Morgan fingerprint density at radius 1 is 1.12 bits per heavy atom. The summed E-state index contributed by atoms with van der Waals surface area (Å²) < 4.78 is 90.3. The van der Waals surface area contributed by atoms with Crippen molar-refractivity contribution in [3.05, 3.63) is 64.6 Å². The number of nitrogens with zero attached hydrogens (tertiary/aromatic N) is 1. The fourth-order valence-corrected chi connectivity index (χ4v) is 3.09. The van der Waals surface area contributed by atoms with E-state index >= 15 is 0 Å². The lowest BCUT2D eigenvalue weighted by Gasteiger charge is -2.16. The van der Waals surface area contributed by atoms with Gasteiger partial charge in [-0.15, -0.1) is 0 Å². The van der Waals surface area contributed by atoms with Crippen molar-refractivity contribution in [2.24, 2.45) is 0 Å². The molecule has 1 aliphatic rings. The minimum atomic E-state index is -4.99. The Kier molecular flexibility index (Phi) is 7.05. The van der Waals surface area contributed by atoms with Crippen molar-refractivity contribution in [3.63, 3.8) is 0 Å². The molecule has 13 heteroatoms. The largest absolute Gasteiger partial charge is 0.466 e. The molecule has 2 aromatic carbocycles. The molecular weight excluding hydrogens is 474 g/mol. The maximum atomic E-state index is 14.4. The van der Waals surface area contributed by atoms with Crippen molar-refractivity contribution in [2.75, 3.05) is 32.1 Å². The summed E-state index contributed by atoms with van der Waals surface area (Å²) in [5, 5.41) is 11.5. The highest BCUT2D eigenvalue weighted by molar-refractivity contribution is 6.08. The maximum Gasteiger partial charge on any atom is 0.416 e. The normalized spacial score (nSPS) is 14.0. The summed E-state index contributed by atoms with van der Waals surface area (Å²) in [7, 11) is 1.06. The third-order valence-electron chi connectivity index (χ3n) is 4.70. The molecule has 3 rings (SSSR count). The summed E-state index contributed by atoms with van der Waals surface area (Å²) in [4.78, 5) is 25.7. The van der Waals surface area contributed by atoms with E-state index in [9.17, 15) is 35.9 Å². The number of esters is 1. The van der Waals surface area contributed by atoms with Crippen molar-refractivity contribution in [3.8, 4) is 11.5 Å². The zero-order chi connectivity index (χ0) is 25.2. The molecule has 0 unspecified atom stereocenters. The van der Waals surface area contributed by atoms with Gasteiger partial charge in [0.05, 0.1) is 37.1 Å². The SMILES string of the molecule is COC(=O)C1=C(Nc2cc(Oc3c(F)cc(C(F)(F)F)cc3F)ccc2F)C(=O)N(CCO)C1. The van der Waals surface area contributed by atoms with Gasteiger partial charge in [0, 0.05) is 12.6 Å². The van der Waals surface area contributed by atoms with E-state index in [-0.39, 0.29) is 42.2 Å². The maximum absolute atomic E-state index is 14.4. The molecule has 2 N–H and O–H groups in total. The molecule has 1 amide bonds. The lowest BCUT2D eigenvalue weighted by molar-refractivity contribution is -0.138. The van der Waals surface area contributed by atoms with E-state index in [2.05, 4.69) is 10.1 Å². The highest BCUT2D eigenvalue weighted by Crippen LogP contribution is 2.36. The van der Waals surface area contributed by atoms with Gasteiger partial charge in [0.15, 0.2) is 17.4 Å². The second kappa shape index (κ2) is 9.63. The molecule has 2 aromatic rings. The summed E-state index contributed by atoms with van der Waals surface area (Å²) in [5.74, 6) is -7.44. The van der Waals surface area contributed by atoms with Gasteiger partial charge in [0.2, 0.25) is 0 Å². The van der Waals surface area contributed by atoms with Crippen LogP contribution in [0.4, 0.5) is 32.0 Å². The quantitative estimate of drug-likeness (QED) is 0.456. The minimum absolute atomic E-state index is 0.0431. The van der Waals surface area contributed by atoms with E-state index in [0.717, 1.165) is 30.2 Å². The number of aliphatic hydroxyl groups is 1. The molecule has 182 valence electrons. The number of carbonyl (C=O) groups excluding carboxylic acids is 2. The van der Waals surface area contributed by atoms with Crippen molar-refractivity contribution in [2.45, 2.75) is 6.18 Å². The van der Waals surface area contributed by atoms with Crippen LogP contribution in [0.2, 0.25) is 0 Å². The molecule has 1 aliphatic heterocycles. The van der Waals surface area contributed by atoms with Crippen LogP contribution in [0, 0.1) is 17.5 Å². The molecule has 0 saturated carbocycles. The van der Waals surface area contributed by atoms with Gasteiger partial charge in [-0.3, -0.25) is 4.79 Å². The van der Waals surface area contributed by atoms with Gasteiger partial charge in [-0.25, -0.2) is 18.0 Å². The first-order valence-electron chi connectivity index (χ1n) is 9.48. The van der Waals surface area contributed by atoms with Gasteiger partial charge in [-0.2, -0.15) is 13.2 Å². The summed E-state index contributed by atoms with van der Waals surface area (Å²) in [6.07, 6.45) is -4.99. The fraction of sp³-hybridized carbons (Fsp3) is 0.238. The number of benzene rings is 2. The average molecular weight is 490 g/mol. The molecular formula is C21H16F6N2O5. The number of carbonyl (C=O) groups is 2. The third kappa shape index (κ3) is 5.09. The zero-order valence-corrected chi connectivity index (χ0v) is 17.3. The van der Waals surface area contributed by atoms with Gasteiger partial charge >= 0.3 is 12.1 Å². The molecule has 0 bridgehead atoms. The smallest absolute Gasteiger partial charge is 0.416 e. The number of hydrogen-bond donors (Lipinski definition) is 2. The van der Waals surface area contributed by atoms with E-state index in [0.29, 0.717) is 0 Å². The van der Waals surface area contributed by atoms with Gasteiger partial charge in [-0.05, 0) is 24.3 Å². The number of β-amino-alcohol motifs (C(OH)–C–C–N with tert-alkyl or cyclic N) is 1. The second-order valence-corrected chi connectivity index (χ2v) is 6.93. The van der Waals surface area contributed by atoms with Gasteiger partial charge in [0.1, 0.15) is 17.3 Å². The van der Waals surface area contributed by atoms with Crippen LogP contribution in [-0.4, -0.2) is 48.7 Å². The first kappa shape index (κ1) is 24.9. The van der Waals surface area contributed by atoms with Crippen LogP contribution in [0.25, 0.3) is 0 Å². The van der Waals surface area contributed by atoms with E-state index in [1.54, 1.807) is 0 Å². The molecule has 34 heavy (non-hydrogen) atoms. The molecule has 0 spiro atoms. The average Bonchev–Trinajstić information content (AvgIpc) is 3.07. The van der Waals surface area contributed by atoms with Crippen molar-refractivity contribution >= 4 is 17.6 Å². The highest BCUT2D eigenvalue weighted by atomic mass is 19.4. The number of hydrogen-bond acceptors (Lipinski definition) is 6. The zero-order valence-electron chi connectivity index (χ0n) is 17.3. The molecule has 0 atom stereocenters. The molecule has 0 aromatic heterocycles. The molecule has 7 nitrogen and oxygen atoms in total. The fourth-order valence-electron chi connectivity index (χ4n) is 3.09. The number of ether oxygens (including phenoxy) is 2. The number of halogens is 6. The van der Waals surface area contributed by atoms with Crippen LogP contribution in [0.3, 0.4) is 0 Å². The Bertz CT molecular complexity index is 1140. The Labute approximate surface area is 188 Å². The summed E-state index contributed by atoms with van der Waals surface area (Å²) in [6, 6.07) is 2.72. The Morgan fingerprint density at radius 2 is 1.76 bits per heavy atom. The minimum Gasteiger partial charge on any atom is -0.466 e. The van der Waals surface area contributed by atoms with E-state index < -0.39 is 59.1 Å². The monoisotopic (exact) mass is 490 g/mol. The van der Waals surface area contributed by atoms with Crippen LogP contribution < -0.4 is 10.1 Å². The Morgan fingerprint density at radius 3 is 2.32 bits per heavy atom. The second-order valence-electron chi connectivity index (χ2n) is 6.93. The van der Waals surface area contributed by atoms with Crippen molar-refractivity contribution in [1.82, 2.24) is 4.90 Å². The number of anilines is 1. The highest BCUT2D eigenvalue weighted by Gasteiger charge is 2.35. The van der Waals surface area contributed by atoms with Crippen LogP contribution in [0.1, 0.15) is 5.56 Å². The molecule has 0 fully saturated rings. The number of methoxy groups -OCH3 is 1. The van der Waals surface area contributed by atoms with Gasteiger partial charge in [0.25, 0.3) is 5.91 Å². The first-order valence-corrected chi connectivity index (χ1v) is 9.48. The van der Waals surface area contributed by atoms with Crippen molar-refractivity contribution in [1.29, 1.82) is 0 Å². The predicted octanol–water partition coefficient (Wildman–Crippen LogP) is 3.59. The number of rotatable bonds is 7. The van der Waals surface area contributed by atoms with Crippen LogP contribution in [0.15, 0.2) is 41.6 Å². The summed E-state index contributed by atoms with van der Waals surface area (Å²) >= 11 is 0. The number of nitrogens with one attached hydrogen (secondary N) is 1. The topological polar surface area (TPSA) is 88.1 Å². The molecule has 1 heterocycles. The van der Waals surface area contributed by atoms with Crippen LogP contribution >= 0.6 is 0 Å². The Balaban J connectivity index is 1.93. The van der Waals surface area contributed by atoms with E-state index in [1.807, 2.05) is 0 Å². The summed E-state index contributed by atoms with van der Waals surface area (Å²) in [6.45, 7) is -0.758. The third-order valence-corrected chi connectivity index (χ3v) is 4.70. The lowest BCUT2D eigenvalue weighted by atomic mass is 10.2. The van der Waals surface area contributed by atoms with Gasteiger partial charge in [-0.1, -0.05) is 0 Å². The number of amides is 1. The molecule has 0 saturated heterocycles. The molecule has 0 aliphatic carbocycles. The number of aliphatic hydroxyl groups excluding tert-OH is 1. The van der Waals surface area contributed by atoms with E-state index in [1.165, 1.54) is 0 Å². The summed E-state index contributed by atoms with van der Waals surface area (Å²) in [5.41, 5.74) is -2.53. The Hall–Kier alpha value is -3.74. The van der Waals surface area contributed by atoms with Crippen LogP contribution in [-0.2, 0) is 20.5 Å². The predicted molar refractivity (Wildman–Crippen MR) is 104 cm³/mol. The lowest BCUT2D eigenvalue weighted by Crippen LogP contribution is -2.31. The standard InChI is InChI=1S/C21H16F6N2O5/c1-33-20(32)12-9-29(4-5-30)19(31)17(12)28-16-8-11(2-3-13(16)22)34-18-14(23)6-10(7-15(18)24)21(25,26)27/h2-3,6-8,28,30H,4-5,9H2,1H3. The first-order chi connectivity index (χ1) is 16.0. The van der Waals surface area contributed by atoms with Crippen LogP contribution in [0.5, 0.6) is 11.5 Å². The number of alkyl halides is 3. The molecule has 0 radical (unpaired) electrons. The van der Waals surface area contributed by atoms with Crippen molar-refractivity contribution < 1.29 is 50.5 Å². The van der Waals surface area contributed by atoms with Gasteiger partial charge < -0.3 is 24.8 Å². The van der Waals surface area contributed by atoms with E-state index in [4.69, 9.17) is 9.84 Å².